The fraction of sp³-hybridized carbons (Fsp3) is 0.524. The van der Waals surface area contributed by atoms with E-state index in [1.165, 1.54) is 0 Å². The monoisotopic (exact) mass is 396 g/mol. The molecule has 0 aromatic heterocycles. The molecule has 0 bridgehead atoms. The lowest BCUT2D eigenvalue weighted by Gasteiger charge is -2.25. The van der Waals surface area contributed by atoms with Gasteiger partial charge in [0.05, 0.1) is 6.54 Å². The van der Waals surface area contributed by atoms with Crippen molar-refractivity contribution in [3.63, 3.8) is 0 Å². The average Bonchev–Trinajstić information content (AvgIpc) is 3.20. The average molecular weight is 396 g/mol. The van der Waals surface area contributed by atoms with Gasteiger partial charge >= 0.3 is 0 Å². The highest BCUT2D eigenvalue weighted by Crippen LogP contribution is 2.17. The molecule has 3 rings (SSSR count). The lowest BCUT2D eigenvalue weighted by atomic mass is 10.1. The van der Waals surface area contributed by atoms with Crippen LogP contribution in [-0.2, 0) is 9.59 Å². The Labute approximate surface area is 171 Å². The summed E-state index contributed by atoms with van der Waals surface area (Å²) in [6.07, 6.45) is 6.21. The van der Waals surface area contributed by atoms with Crippen LogP contribution in [0, 0.1) is 18.4 Å². The van der Waals surface area contributed by atoms with Crippen LogP contribution in [0.3, 0.4) is 0 Å². The van der Waals surface area contributed by atoms with Crippen LogP contribution in [0.15, 0.2) is 29.3 Å². The van der Waals surface area contributed by atoms with Gasteiger partial charge in [-0.05, 0) is 51.2 Å². The Morgan fingerprint density at radius 3 is 2.55 bits per heavy atom. The summed E-state index contributed by atoms with van der Waals surface area (Å²) < 4.78 is 0. The molecule has 1 atom stereocenters. The predicted octanol–water partition coefficient (Wildman–Crippen LogP) is 1.84. The molecule has 0 radical (unpaired) electrons. The summed E-state index contributed by atoms with van der Waals surface area (Å²) >= 11 is 0. The van der Waals surface area contributed by atoms with E-state index >= 15 is 0 Å². The fourth-order valence-electron chi connectivity index (χ4n) is 3.67. The second kappa shape index (κ2) is 9.92. The first kappa shape index (κ1) is 20.6. The summed E-state index contributed by atoms with van der Waals surface area (Å²) in [6.45, 7) is 4.22. The van der Waals surface area contributed by atoms with Crippen LogP contribution in [0.2, 0.25) is 0 Å². The van der Waals surface area contributed by atoms with Crippen LogP contribution in [0.1, 0.15) is 37.7 Å². The third-order valence-electron chi connectivity index (χ3n) is 5.31. The SMILES string of the molecule is Cc1ccc(NC(=NC2CCCCN(CC(=O)N3CCCC3)C2=O)NC#N)cc1. The maximum atomic E-state index is 13.0. The molecule has 0 spiro atoms. The zero-order chi connectivity index (χ0) is 20.6. The number of likely N-dealkylation sites (tertiary alicyclic amines) is 2. The van der Waals surface area contributed by atoms with Crippen molar-refractivity contribution < 1.29 is 9.59 Å². The van der Waals surface area contributed by atoms with Crippen molar-refractivity contribution in [2.75, 3.05) is 31.5 Å². The zero-order valence-electron chi connectivity index (χ0n) is 16.9. The summed E-state index contributed by atoms with van der Waals surface area (Å²) in [6, 6.07) is 7.07. The van der Waals surface area contributed by atoms with Crippen molar-refractivity contribution in [3.8, 4) is 6.19 Å². The normalized spacial score (nSPS) is 20.2. The van der Waals surface area contributed by atoms with E-state index in [0.717, 1.165) is 50.0 Å². The number of guanidine groups is 1. The van der Waals surface area contributed by atoms with E-state index < -0.39 is 6.04 Å². The number of hydrogen-bond acceptors (Lipinski definition) is 4. The van der Waals surface area contributed by atoms with E-state index in [2.05, 4.69) is 15.6 Å². The minimum absolute atomic E-state index is 0.00799. The Hall–Kier alpha value is -3.08. The molecule has 1 unspecified atom stereocenters. The van der Waals surface area contributed by atoms with Gasteiger partial charge in [-0.1, -0.05) is 17.7 Å². The van der Waals surface area contributed by atoms with E-state index in [4.69, 9.17) is 5.26 Å². The van der Waals surface area contributed by atoms with Crippen LogP contribution in [0.5, 0.6) is 0 Å². The summed E-state index contributed by atoms with van der Waals surface area (Å²) in [5.41, 5.74) is 1.90. The third kappa shape index (κ3) is 5.70. The van der Waals surface area contributed by atoms with Crippen LogP contribution in [-0.4, -0.2) is 59.8 Å². The smallest absolute Gasteiger partial charge is 0.247 e. The molecule has 154 valence electrons. The lowest BCUT2D eigenvalue weighted by Crippen LogP contribution is -2.45. The highest BCUT2D eigenvalue weighted by molar-refractivity contribution is 5.97. The largest absolute Gasteiger partial charge is 0.341 e. The summed E-state index contributed by atoms with van der Waals surface area (Å²) in [4.78, 5) is 33.5. The molecule has 2 aliphatic rings. The minimum atomic E-state index is -0.613. The molecule has 2 aliphatic heterocycles. The van der Waals surface area contributed by atoms with E-state index in [9.17, 15) is 9.59 Å². The van der Waals surface area contributed by atoms with E-state index in [1.54, 1.807) is 4.90 Å². The molecule has 29 heavy (non-hydrogen) atoms. The molecule has 2 N–H and O–H groups in total. The number of carbonyl (C=O) groups is 2. The van der Waals surface area contributed by atoms with Crippen molar-refractivity contribution in [2.45, 2.75) is 45.1 Å². The Bertz CT molecular complexity index is 792. The summed E-state index contributed by atoms with van der Waals surface area (Å²) in [5, 5.41) is 14.7. The second-order valence-corrected chi connectivity index (χ2v) is 7.56. The Morgan fingerprint density at radius 1 is 1.17 bits per heavy atom. The van der Waals surface area contributed by atoms with Crippen molar-refractivity contribution in [2.24, 2.45) is 4.99 Å². The van der Waals surface area contributed by atoms with Gasteiger partial charge in [0, 0.05) is 25.3 Å². The van der Waals surface area contributed by atoms with Gasteiger partial charge in [0.25, 0.3) is 0 Å². The van der Waals surface area contributed by atoms with E-state index in [1.807, 2.05) is 42.3 Å². The molecule has 0 aliphatic carbocycles. The number of aryl methyl sites for hydroxylation is 1. The maximum Gasteiger partial charge on any atom is 0.247 e. The van der Waals surface area contributed by atoms with Gasteiger partial charge in [-0.25, -0.2) is 4.99 Å². The van der Waals surface area contributed by atoms with Gasteiger partial charge in [-0.2, -0.15) is 5.26 Å². The van der Waals surface area contributed by atoms with Gasteiger partial charge in [0.15, 0.2) is 6.19 Å². The van der Waals surface area contributed by atoms with Crippen LogP contribution < -0.4 is 10.6 Å². The molecule has 2 heterocycles. The van der Waals surface area contributed by atoms with Crippen molar-refractivity contribution in [3.05, 3.63) is 29.8 Å². The number of anilines is 1. The number of aliphatic imine (C=N–C) groups is 1. The first-order valence-corrected chi connectivity index (χ1v) is 10.2. The first-order chi connectivity index (χ1) is 14.1. The van der Waals surface area contributed by atoms with Crippen LogP contribution in [0.4, 0.5) is 5.69 Å². The molecule has 2 fully saturated rings. The minimum Gasteiger partial charge on any atom is -0.341 e. The number of nitriles is 1. The van der Waals surface area contributed by atoms with Gasteiger partial charge in [-0.3, -0.25) is 14.9 Å². The van der Waals surface area contributed by atoms with Crippen LogP contribution in [0.25, 0.3) is 0 Å². The van der Waals surface area contributed by atoms with E-state index in [0.29, 0.717) is 13.0 Å². The molecule has 1 aromatic rings. The lowest BCUT2D eigenvalue weighted by molar-refractivity contribution is -0.140. The molecule has 0 saturated carbocycles. The molecule has 8 heteroatoms. The van der Waals surface area contributed by atoms with Crippen molar-refractivity contribution >= 4 is 23.5 Å². The number of benzene rings is 1. The molecule has 1 aromatic carbocycles. The van der Waals surface area contributed by atoms with Crippen molar-refractivity contribution in [1.29, 1.82) is 5.26 Å². The van der Waals surface area contributed by atoms with Crippen LogP contribution >= 0.6 is 0 Å². The van der Waals surface area contributed by atoms with Gasteiger partial charge in [-0.15, -0.1) is 0 Å². The number of nitrogens with zero attached hydrogens (tertiary/aromatic N) is 4. The highest BCUT2D eigenvalue weighted by Gasteiger charge is 2.30. The van der Waals surface area contributed by atoms with Gasteiger partial charge < -0.3 is 15.1 Å². The molecule has 2 amide bonds. The molecular formula is C21H28N6O2. The van der Waals surface area contributed by atoms with Gasteiger partial charge in [0.2, 0.25) is 17.8 Å². The molecule has 2 saturated heterocycles. The Balaban J connectivity index is 1.71. The van der Waals surface area contributed by atoms with E-state index in [-0.39, 0.29) is 24.3 Å². The number of hydrogen-bond donors (Lipinski definition) is 2. The molecular weight excluding hydrogens is 368 g/mol. The topological polar surface area (TPSA) is 101 Å². The number of amides is 2. The van der Waals surface area contributed by atoms with Crippen molar-refractivity contribution in [1.82, 2.24) is 15.1 Å². The second-order valence-electron chi connectivity index (χ2n) is 7.56. The fourth-order valence-corrected chi connectivity index (χ4v) is 3.67. The summed E-state index contributed by atoms with van der Waals surface area (Å²) in [7, 11) is 0. The quantitative estimate of drug-likeness (QED) is 0.350. The Morgan fingerprint density at radius 2 is 1.86 bits per heavy atom. The highest BCUT2D eigenvalue weighted by atomic mass is 16.2. The number of rotatable bonds is 4. The number of nitrogens with one attached hydrogen (secondary N) is 2. The summed E-state index contributed by atoms with van der Waals surface area (Å²) in [5.74, 6) is 0.0917. The van der Waals surface area contributed by atoms with Gasteiger partial charge in [0.1, 0.15) is 6.04 Å². The maximum absolute atomic E-state index is 13.0. The first-order valence-electron chi connectivity index (χ1n) is 10.2. The third-order valence-corrected chi connectivity index (χ3v) is 5.31. The Kier molecular flexibility index (Phi) is 7.06. The standard InChI is InChI=1S/C21H28N6O2/c1-16-7-9-17(10-8-16)24-21(23-15-22)25-18-6-2-3-13-27(20(18)29)14-19(28)26-11-4-5-12-26/h7-10,18H,2-6,11-14H2,1H3,(H2,23,24,25). The predicted molar refractivity (Wildman–Crippen MR) is 111 cm³/mol. The number of carbonyl (C=O) groups excluding carboxylic acids is 2. The molecule has 8 nitrogen and oxygen atoms in total. The zero-order valence-corrected chi connectivity index (χ0v) is 16.9.